The molecule has 3 unspecified atom stereocenters. The molecule has 0 amide bonds. The van der Waals surface area contributed by atoms with Gasteiger partial charge in [-0.05, 0) is 285 Å². The third kappa shape index (κ3) is 59.6. The Morgan fingerprint density at radius 3 is 0.688 bits per heavy atom. The minimum absolute atomic E-state index is 0.939. The van der Waals surface area contributed by atoms with E-state index in [2.05, 4.69) is 324 Å². The molecule has 552 valence electrons. The van der Waals surface area contributed by atoms with E-state index in [1.54, 1.807) is 0 Å². The molecule has 0 aliphatic heterocycles. The summed E-state index contributed by atoms with van der Waals surface area (Å²) in [7, 11) is -36.8. The molecule has 2 rings (SSSR count). The Labute approximate surface area is 603 Å². The average Bonchev–Trinajstić information content (AvgIpc) is 0.770. The van der Waals surface area contributed by atoms with Crippen LogP contribution in [0.3, 0.4) is 0 Å². The van der Waals surface area contributed by atoms with Crippen LogP contribution in [0.4, 0.5) is 0 Å². The lowest BCUT2D eigenvalue weighted by atomic mass is 10.4. The van der Waals surface area contributed by atoms with Gasteiger partial charge in [-0.3, -0.25) is 0 Å². The van der Waals surface area contributed by atoms with Gasteiger partial charge >= 0.3 is 60.9 Å². The molecule has 2 aromatic carbocycles. The van der Waals surface area contributed by atoms with E-state index >= 15 is 0 Å². The largest absolute Gasteiger partial charge is 0.457 e. The van der Waals surface area contributed by atoms with Crippen molar-refractivity contribution in [2.24, 2.45) is 0 Å². The van der Waals surface area contributed by atoms with Gasteiger partial charge in [0.25, 0.3) is 37.1 Å². The summed E-state index contributed by atoms with van der Waals surface area (Å²) in [5.74, 6) is 0. The predicted octanol–water partition coefficient (Wildman–Crippen LogP) is 14.0. The molecule has 93 heavy (non-hydrogen) atoms. The molecule has 2 aromatic rings. The minimum Gasteiger partial charge on any atom is -0.442 e. The van der Waals surface area contributed by atoms with Crippen molar-refractivity contribution in [1.29, 1.82) is 0 Å². The fraction of sp³-hybridized carbons (Fsp3) is 0.778. The van der Waals surface area contributed by atoms with Crippen LogP contribution in [0.5, 0.6) is 0 Å². The maximum absolute atomic E-state index is 6.91. The topological polar surface area (TPSA) is 157 Å². The second kappa shape index (κ2) is 43.7. The van der Waals surface area contributed by atoms with Crippen molar-refractivity contribution in [2.45, 2.75) is 275 Å². The second-order valence-electron chi connectivity index (χ2n) is 32.8. The molecule has 0 spiro atoms. The Balaban J connectivity index is -0.00000113. The second-order valence-corrected chi connectivity index (χ2v) is 106. The van der Waals surface area contributed by atoms with Crippen molar-refractivity contribution in [3.8, 4) is 0 Å². The maximum Gasteiger partial charge on any atom is 0.457 e. The molecule has 39 heteroatoms. The van der Waals surface area contributed by atoms with Gasteiger partial charge in [-0.1, -0.05) is 60.7 Å². The van der Waals surface area contributed by atoms with E-state index in [4.69, 9.17) is 70.0 Å². The molecule has 0 bridgehead atoms. The lowest BCUT2D eigenvalue weighted by Gasteiger charge is -2.39. The zero-order valence-corrected chi connectivity index (χ0v) is 91.0. The first-order chi connectivity index (χ1) is 41.2. The number of hydrogen-bond donors (Lipinski definition) is 0. The molecular weight excluding hydrogens is 1540 g/mol. The first kappa shape index (κ1) is 99.7. The van der Waals surface area contributed by atoms with E-state index in [9.17, 15) is 0 Å². The van der Waals surface area contributed by atoms with Crippen LogP contribution in [-0.2, 0) is 70.0 Å². The van der Waals surface area contributed by atoms with E-state index in [0.717, 1.165) is 10.4 Å². The standard InChI is InChI=1S/C19H32O3Si4.C12H40O6Si7.C9H28O3Si4.C7H24O3Si4.C7H22O2Si3/c1-23(20-24(2,3)4)21-26(22-25(5,6)7,18-14-10-8-11-15-18)19-16-12-9-13-17-19;1-19(2)13-23(7,8)16-22(17-24(9,10)14-20(3)4)18-25(11,12)15-21(5)6;1-13(10-14(2,3)4)11-16(8,9)12-15(5,6)7;1-11(2)8-13(5)10-14(6,7)9-12(3)4;1-10(8-11(2,3)4)9-12(5,6)7/h8-17,23H,1-7H3;19-22H,1-12H3;13H,1-9H3;11-13H,1-7H3;10H,1-7H3. The van der Waals surface area contributed by atoms with Crippen LogP contribution in [0.1, 0.15) is 0 Å². The van der Waals surface area contributed by atoms with Gasteiger partial charge in [-0.2, -0.15) is 0 Å². The molecule has 0 saturated heterocycles. The van der Waals surface area contributed by atoms with Crippen LogP contribution >= 0.6 is 0 Å². The highest BCUT2D eigenvalue weighted by Crippen LogP contribution is 2.24. The third-order valence-electron chi connectivity index (χ3n) is 10.3. The molecule has 17 nitrogen and oxygen atoms in total. The third-order valence-corrected chi connectivity index (χ3v) is 76.4. The fourth-order valence-electron chi connectivity index (χ4n) is 9.61. The van der Waals surface area contributed by atoms with Crippen molar-refractivity contribution in [2.75, 3.05) is 0 Å². The maximum atomic E-state index is 6.91. The van der Waals surface area contributed by atoms with E-state index in [0.29, 0.717) is 0 Å². The van der Waals surface area contributed by atoms with E-state index < -0.39 is 193 Å². The van der Waals surface area contributed by atoms with E-state index in [-0.39, 0.29) is 0 Å². The number of hydrogen-bond acceptors (Lipinski definition) is 17. The van der Waals surface area contributed by atoms with Crippen LogP contribution in [0.15, 0.2) is 60.7 Å². The normalized spacial score (nSPS) is 14.8. The van der Waals surface area contributed by atoms with Crippen LogP contribution in [-0.4, -0.2) is 193 Å². The lowest BCUT2D eigenvalue weighted by Crippen LogP contribution is -2.68. The highest BCUT2D eigenvalue weighted by molar-refractivity contribution is 7.01. The van der Waals surface area contributed by atoms with Crippen molar-refractivity contribution in [3.63, 3.8) is 0 Å². The van der Waals surface area contributed by atoms with Crippen molar-refractivity contribution in [3.05, 3.63) is 60.7 Å². The molecule has 0 saturated carbocycles. The monoisotopic (exact) mass is 1680 g/mol. The Morgan fingerprint density at radius 2 is 0.452 bits per heavy atom. The van der Waals surface area contributed by atoms with Gasteiger partial charge in [0, 0.05) is 0 Å². The Morgan fingerprint density at radius 1 is 0.215 bits per heavy atom. The summed E-state index contributed by atoms with van der Waals surface area (Å²) in [6, 6.07) is 21.0. The van der Waals surface area contributed by atoms with Crippen molar-refractivity contribution >= 4 is 204 Å². The van der Waals surface area contributed by atoms with Gasteiger partial charge in [0.05, 0.1) is 0 Å². The number of rotatable bonds is 36. The molecular formula is C54H146O17Si22. The summed E-state index contributed by atoms with van der Waals surface area (Å²) >= 11 is 0. The Hall–Kier alpha value is 2.53. The van der Waals surface area contributed by atoms with E-state index in [1.807, 2.05) is 12.1 Å². The quantitative estimate of drug-likeness (QED) is 0.0593. The highest BCUT2D eigenvalue weighted by Gasteiger charge is 2.48. The Kier molecular flexibility index (Phi) is 46.9. The molecule has 0 heterocycles. The van der Waals surface area contributed by atoms with Gasteiger partial charge in [-0.25, -0.2) is 0 Å². The zero-order valence-electron chi connectivity index (χ0n) is 67.5. The number of benzene rings is 2. The molecule has 0 N–H and O–H groups in total. The highest BCUT2D eigenvalue weighted by atomic mass is 28.5. The molecule has 0 aliphatic carbocycles. The summed E-state index contributed by atoms with van der Waals surface area (Å²) in [6.07, 6.45) is 0. The van der Waals surface area contributed by atoms with Crippen LogP contribution < -0.4 is 10.4 Å². The smallest absolute Gasteiger partial charge is 0.442 e. The molecule has 0 fully saturated rings. The molecule has 0 radical (unpaired) electrons. The van der Waals surface area contributed by atoms with Gasteiger partial charge in [0.2, 0.25) is 0 Å². The van der Waals surface area contributed by atoms with Gasteiger partial charge in [0.1, 0.15) is 0 Å². The van der Waals surface area contributed by atoms with Crippen LogP contribution in [0, 0.1) is 0 Å². The predicted molar refractivity (Wildman–Crippen MR) is 457 cm³/mol. The molecule has 3 atom stereocenters. The van der Waals surface area contributed by atoms with Crippen LogP contribution in [0.2, 0.25) is 275 Å². The van der Waals surface area contributed by atoms with Crippen molar-refractivity contribution in [1.82, 2.24) is 0 Å². The first-order valence-corrected chi connectivity index (χ1v) is 93.9. The molecule has 0 aliphatic rings. The summed E-state index contributed by atoms with van der Waals surface area (Å²) in [6.45, 7) is 91.0. The van der Waals surface area contributed by atoms with Gasteiger partial charge < -0.3 is 70.0 Å². The van der Waals surface area contributed by atoms with Crippen molar-refractivity contribution < 1.29 is 70.0 Å². The zero-order chi connectivity index (χ0) is 74.0. The summed E-state index contributed by atoms with van der Waals surface area (Å²) in [4.78, 5) is 0. The molecule has 0 aromatic heterocycles. The SMILES string of the molecule is C[SiH](C)O[SiH](C)O[Si](C)(C)O[SiH](C)C.C[SiH](C)O[Si](C)(C)O[SiH](O[Si](C)(C)O[SiH](C)C)O[Si](C)(C)O[SiH](C)C.C[SiH](O[Si](C)(C)C)O[Si](C)(C)C.C[SiH](O[Si](C)(C)C)O[Si](C)(C)O[Si](C)(C)C.C[SiH](O[Si](C)(C)C)O[Si](O[Si](C)(C)C)(c1ccccc1)c1ccccc1. The summed E-state index contributed by atoms with van der Waals surface area (Å²) in [5.41, 5.74) is 0. The summed E-state index contributed by atoms with van der Waals surface area (Å²) < 4.78 is 105. The first-order valence-electron chi connectivity index (χ1n) is 33.8. The van der Waals surface area contributed by atoms with Gasteiger partial charge in [0.15, 0.2) is 95.1 Å². The van der Waals surface area contributed by atoms with E-state index in [1.165, 1.54) is 0 Å². The Bertz CT molecular complexity index is 2150. The van der Waals surface area contributed by atoms with Gasteiger partial charge in [-0.15, -0.1) is 0 Å². The summed E-state index contributed by atoms with van der Waals surface area (Å²) in [5, 5.41) is 2.32. The lowest BCUT2D eigenvalue weighted by molar-refractivity contribution is 0.230. The van der Waals surface area contributed by atoms with Crippen LogP contribution in [0.25, 0.3) is 0 Å². The minimum atomic E-state index is -2.83. The fourth-order valence-corrected chi connectivity index (χ4v) is 82.2. The average molecular weight is 1690 g/mol.